The van der Waals surface area contributed by atoms with Crippen LogP contribution in [0.5, 0.6) is 5.75 Å². The average molecular weight is 493 g/mol. The van der Waals surface area contributed by atoms with Gasteiger partial charge in [-0.2, -0.15) is 0 Å². The molecule has 1 aliphatic heterocycles. The van der Waals surface area contributed by atoms with Crippen LogP contribution in [0, 0.1) is 5.82 Å². The Kier molecular flexibility index (Phi) is 7.10. The summed E-state index contributed by atoms with van der Waals surface area (Å²) in [5, 5.41) is 4.92. The molecule has 4 rings (SSSR count). The fraction of sp³-hybridized carbons (Fsp3) is 0.120. The molecular formula is C25H20FN3O7. The maximum absolute atomic E-state index is 13.6. The third kappa shape index (κ3) is 5.58. The maximum Gasteiger partial charge on any atom is 0.373 e. The summed E-state index contributed by atoms with van der Waals surface area (Å²) in [6, 6.07) is 14.5. The van der Waals surface area contributed by atoms with Gasteiger partial charge in [0.2, 0.25) is 5.76 Å². The Bertz CT molecular complexity index is 1350. The highest BCUT2D eigenvalue weighted by Gasteiger charge is 2.34. The number of furan rings is 1. The molecule has 36 heavy (non-hydrogen) atoms. The van der Waals surface area contributed by atoms with E-state index in [4.69, 9.17) is 9.15 Å². The molecule has 2 N–H and O–H groups in total. The van der Waals surface area contributed by atoms with E-state index in [0.29, 0.717) is 11.3 Å². The second-order valence-electron chi connectivity index (χ2n) is 7.52. The van der Waals surface area contributed by atoms with Gasteiger partial charge >= 0.3 is 12.0 Å². The second kappa shape index (κ2) is 10.6. The predicted molar refractivity (Wildman–Crippen MR) is 124 cm³/mol. The zero-order valence-corrected chi connectivity index (χ0v) is 18.9. The molecule has 1 fully saturated rings. The predicted octanol–water partition coefficient (Wildman–Crippen LogP) is 3.32. The zero-order valence-electron chi connectivity index (χ0n) is 18.9. The van der Waals surface area contributed by atoms with Crippen LogP contribution in [0.25, 0.3) is 6.08 Å². The molecule has 0 atom stereocenters. The SMILES string of the molecule is COC(=O)c1ccc(CN2C(=O)NC(=Cc3ccc(OCC(=O)Nc4ccccc4F)cc3)C2=O)o1. The first kappa shape index (κ1) is 24.2. The summed E-state index contributed by atoms with van der Waals surface area (Å²) in [4.78, 5) is 49.4. The number of amides is 4. The fourth-order valence-corrected chi connectivity index (χ4v) is 3.27. The molecule has 0 unspecified atom stereocenters. The van der Waals surface area contributed by atoms with Crippen molar-refractivity contribution in [1.29, 1.82) is 0 Å². The first-order valence-corrected chi connectivity index (χ1v) is 10.6. The number of nitrogens with zero attached hydrogens (tertiary/aromatic N) is 1. The summed E-state index contributed by atoms with van der Waals surface area (Å²) in [6.45, 7) is -0.497. The molecular weight excluding hydrogens is 473 g/mol. The first-order chi connectivity index (χ1) is 17.3. The fourth-order valence-electron chi connectivity index (χ4n) is 3.27. The van der Waals surface area contributed by atoms with Crippen molar-refractivity contribution < 1.29 is 37.5 Å². The van der Waals surface area contributed by atoms with Gasteiger partial charge in [0.1, 0.15) is 23.0 Å². The van der Waals surface area contributed by atoms with Crippen LogP contribution in [0.4, 0.5) is 14.9 Å². The normalized spacial score (nSPS) is 14.1. The Labute approximate surface area is 204 Å². The summed E-state index contributed by atoms with van der Waals surface area (Å²) >= 11 is 0. The van der Waals surface area contributed by atoms with Gasteiger partial charge in [-0.3, -0.25) is 14.5 Å². The Morgan fingerprint density at radius 3 is 2.56 bits per heavy atom. The highest BCUT2D eigenvalue weighted by atomic mass is 19.1. The monoisotopic (exact) mass is 493 g/mol. The maximum atomic E-state index is 13.6. The summed E-state index contributed by atoms with van der Waals surface area (Å²) in [6.07, 6.45) is 1.48. The van der Waals surface area contributed by atoms with Crippen molar-refractivity contribution in [3.05, 3.63) is 89.3 Å². The lowest BCUT2D eigenvalue weighted by atomic mass is 10.2. The highest BCUT2D eigenvalue weighted by molar-refractivity contribution is 6.13. The molecule has 11 heteroatoms. The standard InChI is InChI=1S/C25H20FN3O7/c1-34-24(32)21-11-10-17(36-21)13-29-23(31)20(28-25(29)33)12-15-6-8-16(9-7-15)35-14-22(30)27-19-5-3-2-4-18(19)26/h2-12H,13-14H2,1H3,(H,27,30)(H,28,33). The third-order valence-electron chi connectivity index (χ3n) is 5.03. The number of para-hydroxylation sites is 1. The highest BCUT2D eigenvalue weighted by Crippen LogP contribution is 2.20. The molecule has 0 bridgehead atoms. The number of urea groups is 1. The Hall–Kier alpha value is -4.93. The van der Waals surface area contributed by atoms with Gasteiger partial charge in [-0.05, 0) is 48.0 Å². The number of nitrogens with one attached hydrogen (secondary N) is 2. The van der Waals surface area contributed by atoms with Crippen LogP contribution in [0.1, 0.15) is 21.9 Å². The van der Waals surface area contributed by atoms with Gasteiger partial charge in [0.15, 0.2) is 6.61 Å². The minimum Gasteiger partial charge on any atom is -0.484 e. The Balaban J connectivity index is 1.34. The lowest BCUT2D eigenvalue weighted by Crippen LogP contribution is -2.30. The van der Waals surface area contributed by atoms with E-state index in [1.165, 1.54) is 43.5 Å². The first-order valence-electron chi connectivity index (χ1n) is 10.6. The van der Waals surface area contributed by atoms with E-state index in [9.17, 15) is 23.6 Å². The quantitative estimate of drug-likeness (QED) is 0.280. The number of anilines is 1. The molecule has 0 spiro atoms. The van der Waals surface area contributed by atoms with Gasteiger partial charge in [0.05, 0.1) is 19.3 Å². The number of esters is 1. The van der Waals surface area contributed by atoms with Crippen LogP contribution >= 0.6 is 0 Å². The zero-order chi connectivity index (χ0) is 25.7. The summed E-state index contributed by atoms with van der Waals surface area (Å²) < 4.78 is 28.9. The molecule has 0 aliphatic carbocycles. The third-order valence-corrected chi connectivity index (χ3v) is 5.03. The second-order valence-corrected chi connectivity index (χ2v) is 7.52. The molecule has 1 aromatic heterocycles. The van der Waals surface area contributed by atoms with E-state index in [-0.39, 0.29) is 36.1 Å². The van der Waals surface area contributed by atoms with Crippen LogP contribution in [-0.4, -0.2) is 42.4 Å². The molecule has 2 heterocycles. The number of methoxy groups -OCH3 is 1. The van der Waals surface area contributed by atoms with Crippen molar-refractivity contribution in [1.82, 2.24) is 10.2 Å². The lowest BCUT2D eigenvalue weighted by molar-refractivity contribution is -0.123. The van der Waals surface area contributed by atoms with E-state index < -0.39 is 29.6 Å². The van der Waals surface area contributed by atoms with E-state index >= 15 is 0 Å². The topological polar surface area (TPSA) is 127 Å². The largest absolute Gasteiger partial charge is 0.484 e. The van der Waals surface area contributed by atoms with E-state index in [0.717, 1.165) is 4.90 Å². The number of benzene rings is 2. The average Bonchev–Trinajstić information content (AvgIpc) is 3.45. The summed E-state index contributed by atoms with van der Waals surface area (Å²) in [7, 11) is 1.21. The van der Waals surface area contributed by atoms with Crippen LogP contribution < -0.4 is 15.4 Å². The van der Waals surface area contributed by atoms with Crippen molar-refractivity contribution >= 4 is 35.6 Å². The van der Waals surface area contributed by atoms with E-state index in [2.05, 4.69) is 15.4 Å². The summed E-state index contributed by atoms with van der Waals surface area (Å²) in [5.74, 6) is -1.74. The van der Waals surface area contributed by atoms with Gasteiger partial charge in [-0.15, -0.1) is 0 Å². The minimum absolute atomic E-state index is 0.0395. The van der Waals surface area contributed by atoms with E-state index in [1.54, 1.807) is 30.3 Å². The van der Waals surface area contributed by atoms with Crippen molar-refractivity contribution in [2.24, 2.45) is 0 Å². The number of carbonyl (C=O) groups excluding carboxylic acids is 4. The van der Waals surface area contributed by atoms with Gasteiger partial charge in [-0.25, -0.2) is 14.0 Å². The number of hydrogen-bond donors (Lipinski definition) is 2. The number of halogens is 1. The molecule has 3 aromatic rings. The Morgan fingerprint density at radius 2 is 1.83 bits per heavy atom. The number of rotatable bonds is 8. The van der Waals surface area contributed by atoms with Crippen LogP contribution in [0.3, 0.4) is 0 Å². The lowest BCUT2D eigenvalue weighted by Gasteiger charge is -2.09. The molecule has 4 amide bonds. The molecule has 10 nitrogen and oxygen atoms in total. The molecule has 0 saturated carbocycles. The number of imide groups is 1. The smallest absolute Gasteiger partial charge is 0.373 e. The number of hydrogen-bond acceptors (Lipinski definition) is 7. The minimum atomic E-state index is -0.669. The van der Waals surface area contributed by atoms with E-state index in [1.807, 2.05) is 0 Å². The van der Waals surface area contributed by atoms with Gasteiger partial charge in [0.25, 0.3) is 11.8 Å². The molecule has 2 aromatic carbocycles. The molecule has 0 radical (unpaired) electrons. The van der Waals surface area contributed by atoms with Crippen LogP contribution in [0.2, 0.25) is 0 Å². The van der Waals surface area contributed by atoms with Gasteiger partial charge in [-0.1, -0.05) is 24.3 Å². The van der Waals surface area contributed by atoms with Gasteiger partial charge < -0.3 is 24.5 Å². The molecule has 1 aliphatic rings. The number of carbonyl (C=O) groups is 4. The molecule has 184 valence electrons. The van der Waals surface area contributed by atoms with Crippen molar-refractivity contribution in [2.45, 2.75) is 6.54 Å². The Morgan fingerprint density at radius 1 is 1.08 bits per heavy atom. The summed E-state index contributed by atoms with van der Waals surface area (Å²) in [5.41, 5.74) is 0.702. The van der Waals surface area contributed by atoms with Gasteiger partial charge in [0, 0.05) is 0 Å². The van der Waals surface area contributed by atoms with Crippen LogP contribution in [-0.2, 0) is 20.9 Å². The molecule has 1 saturated heterocycles. The van der Waals surface area contributed by atoms with Crippen molar-refractivity contribution in [3.8, 4) is 5.75 Å². The number of ether oxygens (including phenoxy) is 2. The van der Waals surface area contributed by atoms with Crippen molar-refractivity contribution in [2.75, 3.05) is 19.0 Å². The van der Waals surface area contributed by atoms with Crippen LogP contribution in [0.15, 0.2) is 70.8 Å². The van der Waals surface area contributed by atoms with Crippen molar-refractivity contribution in [3.63, 3.8) is 0 Å².